The smallest absolute Gasteiger partial charge is 0.271 e. The Morgan fingerprint density at radius 1 is 1.32 bits per heavy atom. The van der Waals surface area contributed by atoms with E-state index >= 15 is 0 Å². The second-order valence-electron chi connectivity index (χ2n) is 6.78. The van der Waals surface area contributed by atoms with E-state index in [2.05, 4.69) is 34.2 Å². The Labute approximate surface area is 130 Å². The van der Waals surface area contributed by atoms with Crippen LogP contribution in [-0.4, -0.2) is 25.7 Å². The summed E-state index contributed by atoms with van der Waals surface area (Å²) in [5.74, 6) is -0.190. The predicted octanol–water partition coefficient (Wildman–Crippen LogP) is 1.96. The summed E-state index contributed by atoms with van der Waals surface area (Å²) in [6.07, 6.45) is 6.83. The third-order valence-corrected chi connectivity index (χ3v) is 4.19. The average Bonchev–Trinajstić information content (AvgIpc) is 2.80. The van der Waals surface area contributed by atoms with E-state index < -0.39 is 0 Å². The fourth-order valence-electron chi connectivity index (χ4n) is 3.05. The standard InChI is InChI=1S/C16H21N5O/c1-10-7-18-13(9-17-10)15(22)20-12-5-16(2,3)6-14-11(12)8-19-21(14)4/h7-9,12H,5-6H2,1-4H3,(H,20,22)/t12-/m1/s1. The molecule has 3 rings (SSSR count). The first kappa shape index (κ1) is 14.7. The van der Waals surface area contributed by atoms with Gasteiger partial charge in [-0.25, -0.2) is 4.98 Å². The first-order valence-corrected chi connectivity index (χ1v) is 7.46. The van der Waals surface area contributed by atoms with E-state index in [9.17, 15) is 4.79 Å². The molecule has 1 atom stereocenters. The van der Waals surface area contributed by atoms with Crippen LogP contribution in [0.1, 0.15) is 53.7 Å². The van der Waals surface area contributed by atoms with E-state index in [1.807, 2.05) is 24.9 Å². The summed E-state index contributed by atoms with van der Waals surface area (Å²) in [5.41, 5.74) is 3.56. The van der Waals surface area contributed by atoms with Gasteiger partial charge in [0, 0.05) is 24.5 Å². The zero-order valence-electron chi connectivity index (χ0n) is 13.4. The Bertz CT molecular complexity index is 702. The van der Waals surface area contributed by atoms with Crippen molar-refractivity contribution in [3.63, 3.8) is 0 Å². The third-order valence-electron chi connectivity index (χ3n) is 4.19. The normalized spacial score (nSPS) is 19.5. The number of hydrogen-bond donors (Lipinski definition) is 1. The molecule has 2 aromatic heterocycles. The van der Waals surface area contributed by atoms with Gasteiger partial charge in [-0.1, -0.05) is 13.8 Å². The van der Waals surface area contributed by atoms with E-state index in [0.29, 0.717) is 5.69 Å². The SMILES string of the molecule is Cc1cnc(C(=O)N[C@@H]2CC(C)(C)Cc3c2cnn3C)cn1. The van der Waals surface area contributed by atoms with Crippen molar-refractivity contribution >= 4 is 5.91 Å². The van der Waals surface area contributed by atoms with Crippen molar-refractivity contribution in [3.05, 3.63) is 41.2 Å². The van der Waals surface area contributed by atoms with Crippen LogP contribution in [0.15, 0.2) is 18.6 Å². The van der Waals surface area contributed by atoms with Crippen LogP contribution in [-0.2, 0) is 13.5 Å². The maximum atomic E-state index is 12.4. The largest absolute Gasteiger partial charge is 0.344 e. The van der Waals surface area contributed by atoms with Gasteiger partial charge in [0.2, 0.25) is 0 Å². The van der Waals surface area contributed by atoms with Crippen LogP contribution >= 0.6 is 0 Å². The van der Waals surface area contributed by atoms with Gasteiger partial charge in [-0.15, -0.1) is 0 Å². The zero-order valence-corrected chi connectivity index (χ0v) is 13.4. The van der Waals surface area contributed by atoms with Gasteiger partial charge in [-0.3, -0.25) is 14.5 Å². The number of nitrogens with one attached hydrogen (secondary N) is 1. The first-order valence-electron chi connectivity index (χ1n) is 7.46. The van der Waals surface area contributed by atoms with Gasteiger partial charge in [0.05, 0.1) is 24.1 Å². The Morgan fingerprint density at radius 2 is 2.09 bits per heavy atom. The predicted molar refractivity (Wildman–Crippen MR) is 82.3 cm³/mol. The quantitative estimate of drug-likeness (QED) is 0.920. The van der Waals surface area contributed by atoms with Crippen LogP contribution in [0.2, 0.25) is 0 Å². The lowest BCUT2D eigenvalue weighted by Gasteiger charge is -2.35. The number of amides is 1. The number of carbonyl (C=O) groups is 1. The molecule has 2 aromatic rings. The lowest BCUT2D eigenvalue weighted by molar-refractivity contribution is 0.0913. The van der Waals surface area contributed by atoms with E-state index in [0.717, 1.165) is 24.1 Å². The number of nitrogens with zero attached hydrogens (tertiary/aromatic N) is 4. The van der Waals surface area contributed by atoms with Crippen molar-refractivity contribution in [2.24, 2.45) is 12.5 Å². The number of aryl methyl sites for hydroxylation is 2. The Balaban J connectivity index is 1.85. The van der Waals surface area contributed by atoms with Crippen molar-refractivity contribution in [2.75, 3.05) is 0 Å². The molecule has 6 nitrogen and oxygen atoms in total. The highest BCUT2D eigenvalue weighted by Crippen LogP contribution is 2.40. The summed E-state index contributed by atoms with van der Waals surface area (Å²) in [6.45, 7) is 6.28. The molecule has 2 heterocycles. The summed E-state index contributed by atoms with van der Waals surface area (Å²) in [6, 6.07) is -0.0388. The molecule has 1 N–H and O–H groups in total. The second-order valence-corrected chi connectivity index (χ2v) is 6.78. The summed E-state index contributed by atoms with van der Waals surface area (Å²) < 4.78 is 1.90. The van der Waals surface area contributed by atoms with Crippen LogP contribution < -0.4 is 5.32 Å². The molecule has 0 saturated heterocycles. The molecular weight excluding hydrogens is 278 g/mol. The summed E-state index contributed by atoms with van der Waals surface area (Å²) in [7, 11) is 1.95. The molecule has 0 saturated carbocycles. The second kappa shape index (κ2) is 5.19. The first-order chi connectivity index (χ1) is 10.4. The van der Waals surface area contributed by atoms with Gasteiger partial charge >= 0.3 is 0 Å². The highest BCUT2D eigenvalue weighted by atomic mass is 16.1. The van der Waals surface area contributed by atoms with Gasteiger partial charge in [0.1, 0.15) is 5.69 Å². The highest BCUT2D eigenvalue weighted by Gasteiger charge is 2.35. The number of hydrogen-bond acceptors (Lipinski definition) is 4. The third kappa shape index (κ3) is 2.73. The van der Waals surface area contributed by atoms with Crippen molar-refractivity contribution in [3.8, 4) is 0 Å². The van der Waals surface area contributed by atoms with Crippen LogP contribution in [0.3, 0.4) is 0 Å². The number of rotatable bonds is 2. The van der Waals surface area contributed by atoms with Crippen molar-refractivity contribution < 1.29 is 4.79 Å². The molecule has 1 aliphatic rings. The maximum Gasteiger partial charge on any atom is 0.271 e. The van der Waals surface area contributed by atoms with Crippen LogP contribution in [0.4, 0.5) is 0 Å². The van der Waals surface area contributed by atoms with E-state index in [4.69, 9.17) is 0 Å². The van der Waals surface area contributed by atoms with Crippen LogP contribution in [0.5, 0.6) is 0 Å². The lowest BCUT2D eigenvalue weighted by atomic mass is 9.74. The molecule has 0 aliphatic heterocycles. The molecule has 116 valence electrons. The number of fused-ring (bicyclic) bond motifs is 1. The Kier molecular flexibility index (Phi) is 3.47. The van der Waals surface area contributed by atoms with E-state index in [1.54, 1.807) is 6.20 Å². The molecule has 0 spiro atoms. The molecule has 1 aliphatic carbocycles. The topological polar surface area (TPSA) is 72.7 Å². The highest BCUT2D eigenvalue weighted by molar-refractivity contribution is 5.92. The van der Waals surface area contributed by atoms with Gasteiger partial charge in [0.25, 0.3) is 5.91 Å². The molecular formula is C16H21N5O. The minimum Gasteiger partial charge on any atom is -0.344 e. The fraction of sp³-hybridized carbons (Fsp3) is 0.500. The molecule has 0 aromatic carbocycles. The summed E-state index contributed by atoms with van der Waals surface area (Å²) >= 11 is 0. The van der Waals surface area contributed by atoms with Gasteiger partial charge < -0.3 is 5.32 Å². The number of aromatic nitrogens is 4. The van der Waals surface area contributed by atoms with Crippen molar-refractivity contribution in [1.29, 1.82) is 0 Å². The molecule has 0 radical (unpaired) electrons. The van der Waals surface area contributed by atoms with Gasteiger partial charge in [-0.2, -0.15) is 5.10 Å². The average molecular weight is 299 g/mol. The van der Waals surface area contributed by atoms with Crippen molar-refractivity contribution in [1.82, 2.24) is 25.1 Å². The number of carbonyl (C=O) groups excluding carboxylic acids is 1. The minimum atomic E-state index is -0.190. The maximum absolute atomic E-state index is 12.4. The molecule has 0 bridgehead atoms. The van der Waals surface area contributed by atoms with Crippen LogP contribution in [0.25, 0.3) is 0 Å². The van der Waals surface area contributed by atoms with E-state index in [-0.39, 0.29) is 17.4 Å². The Hall–Kier alpha value is -2.24. The van der Waals surface area contributed by atoms with Gasteiger partial charge in [0.15, 0.2) is 0 Å². The minimum absolute atomic E-state index is 0.0388. The van der Waals surface area contributed by atoms with Crippen molar-refractivity contribution in [2.45, 2.75) is 39.7 Å². The molecule has 22 heavy (non-hydrogen) atoms. The monoisotopic (exact) mass is 299 g/mol. The molecule has 6 heteroatoms. The van der Waals surface area contributed by atoms with E-state index in [1.165, 1.54) is 11.9 Å². The molecule has 1 amide bonds. The molecule has 0 fully saturated rings. The Morgan fingerprint density at radius 3 is 2.77 bits per heavy atom. The fourth-order valence-corrected chi connectivity index (χ4v) is 3.05. The van der Waals surface area contributed by atoms with Gasteiger partial charge in [-0.05, 0) is 25.2 Å². The lowest BCUT2D eigenvalue weighted by Crippen LogP contribution is -2.37. The molecule has 0 unspecified atom stereocenters. The summed E-state index contributed by atoms with van der Waals surface area (Å²) in [4.78, 5) is 20.7. The summed E-state index contributed by atoms with van der Waals surface area (Å²) in [5, 5.41) is 7.43. The zero-order chi connectivity index (χ0) is 15.9. The van der Waals surface area contributed by atoms with Crippen LogP contribution in [0, 0.1) is 12.3 Å².